The quantitative estimate of drug-likeness (QED) is 0.169. The monoisotopic (exact) mass is 727 g/mol. The number of likely N-dealkylation sites (tertiary alicyclic amines) is 1. The highest BCUT2D eigenvalue weighted by Gasteiger charge is 2.59. The van der Waals surface area contributed by atoms with Crippen molar-refractivity contribution in [3.8, 4) is 0 Å². The number of hydrogen-bond donors (Lipinski definition) is 4. The summed E-state index contributed by atoms with van der Waals surface area (Å²) in [4.78, 5) is 58.2. The number of hydrogen-bond acceptors (Lipinski definition) is 8. The number of piperidine rings is 1. The molecule has 3 fully saturated rings. The Hall–Kier alpha value is -3.06. The van der Waals surface area contributed by atoms with Crippen LogP contribution in [0.5, 0.6) is 0 Å². The molecule has 4 rings (SSSR count). The van der Waals surface area contributed by atoms with Crippen LogP contribution in [-0.4, -0.2) is 115 Å². The van der Waals surface area contributed by atoms with Crippen LogP contribution in [0.15, 0.2) is 30.3 Å². The van der Waals surface area contributed by atoms with Gasteiger partial charge in [-0.25, -0.2) is 0 Å². The van der Waals surface area contributed by atoms with Crippen molar-refractivity contribution in [2.75, 3.05) is 34.4 Å². The highest BCUT2D eigenvalue weighted by atomic mass is 16.5. The van der Waals surface area contributed by atoms with Crippen LogP contribution < -0.4 is 16.4 Å². The van der Waals surface area contributed by atoms with Crippen LogP contribution in [0, 0.1) is 29.6 Å². The molecule has 1 aliphatic carbocycles. The first-order chi connectivity index (χ1) is 24.7. The largest absolute Gasteiger partial charge is 0.394 e. The molecule has 3 unspecified atom stereocenters. The zero-order chi connectivity index (χ0) is 38.3. The van der Waals surface area contributed by atoms with Crippen molar-refractivity contribution in [2.45, 2.75) is 128 Å². The molecule has 3 aliphatic rings. The summed E-state index contributed by atoms with van der Waals surface area (Å²) in [7, 11) is 5.00. The maximum atomic E-state index is 14.6. The Labute approximate surface area is 310 Å². The number of benzene rings is 1. The van der Waals surface area contributed by atoms with Crippen LogP contribution in [-0.2, 0) is 35.1 Å². The van der Waals surface area contributed by atoms with E-state index in [2.05, 4.69) is 38.3 Å². The average molecular weight is 728 g/mol. The Bertz CT molecular complexity index is 1360. The van der Waals surface area contributed by atoms with Crippen molar-refractivity contribution in [1.29, 1.82) is 0 Å². The Morgan fingerprint density at radius 3 is 2.35 bits per heavy atom. The Morgan fingerprint density at radius 1 is 1.10 bits per heavy atom. The van der Waals surface area contributed by atoms with Gasteiger partial charge in [-0.1, -0.05) is 71.4 Å². The van der Waals surface area contributed by atoms with E-state index in [1.165, 1.54) is 0 Å². The normalized spacial score (nSPS) is 26.7. The first-order valence-corrected chi connectivity index (χ1v) is 19.4. The van der Waals surface area contributed by atoms with E-state index in [1.54, 1.807) is 26.0 Å². The van der Waals surface area contributed by atoms with Gasteiger partial charge >= 0.3 is 0 Å². The van der Waals surface area contributed by atoms with Gasteiger partial charge < -0.3 is 35.4 Å². The number of primary amides is 1. The number of nitrogens with two attached hydrogens (primary N) is 1. The lowest BCUT2D eigenvalue weighted by molar-refractivity contribution is -0.150. The molecule has 1 aromatic rings. The van der Waals surface area contributed by atoms with Crippen LogP contribution in [0.25, 0.3) is 0 Å². The smallest absolute Gasteiger partial charge is 0.234 e. The number of carbonyl (C=O) groups excluding carboxylic acids is 4. The molecule has 0 spiro atoms. The number of aliphatic hydroxyl groups excluding tert-OH is 1. The summed E-state index contributed by atoms with van der Waals surface area (Å²) >= 11 is 0. The molecule has 1 aromatic carbocycles. The first kappa shape index (κ1) is 41.7. The summed E-state index contributed by atoms with van der Waals surface area (Å²) in [5.41, 5.74) is 6.27. The number of fused-ring (bicyclic) bond motifs is 2. The standard InChI is InChI=1S/C40H65N5O7/c1-9-25(4)35(44(6)39(50)33(24(2)3)40-18-17-28(22-40)34(43-40)37(41)48)31(51-7)21-32(47)45-19-13-16-30(45)36(52-8)26(5)38(49)42-29(23-46)20-27-14-11-10-12-15-27/h10-12,14-15,24-26,28-31,33-36,43,46H,9,13,16-23H2,1-8H3,(H2,41,48)(H,42,49)/t25-,26+,28?,29-,30-,31+,33+,34?,35-,36+,40?/m0/s1. The van der Waals surface area contributed by atoms with Crippen LogP contribution in [0.3, 0.4) is 0 Å². The Balaban J connectivity index is 1.48. The molecule has 2 bridgehead atoms. The number of rotatable bonds is 19. The number of ether oxygens (including phenoxy) is 2. The molecule has 12 nitrogen and oxygen atoms in total. The maximum absolute atomic E-state index is 14.6. The fourth-order valence-electron chi connectivity index (χ4n) is 9.71. The summed E-state index contributed by atoms with van der Waals surface area (Å²) in [5.74, 6) is -1.50. The van der Waals surface area contributed by atoms with Crippen molar-refractivity contribution >= 4 is 23.6 Å². The summed E-state index contributed by atoms with van der Waals surface area (Å²) in [6, 6.07) is 8.14. The van der Waals surface area contributed by atoms with Gasteiger partial charge in [-0.3, -0.25) is 24.5 Å². The molecule has 0 radical (unpaired) electrons. The van der Waals surface area contributed by atoms with Crippen LogP contribution in [0.4, 0.5) is 0 Å². The molecule has 5 N–H and O–H groups in total. The number of amides is 4. The van der Waals surface area contributed by atoms with E-state index in [4.69, 9.17) is 15.2 Å². The van der Waals surface area contributed by atoms with Crippen molar-refractivity contribution in [2.24, 2.45) is 35.3 Å². The predicted molar refractivity (Wildman–Crippen MR) is 200 cm³/mol. The molecule has 2 heterocycles. The van der Waals surface area contributed by atoms with E-state index in [0.717, 1.165) is 37.7 Å². The minimum atomic E-state index is -0.580. The van der Waals surface area contributed by atoms with Gasteiger partial charge in [0, 0.05) is 33.4 Å². The Morgan fingerprint density at radius 2 is 1.79 bits per heavy atom. The molecule has 0 aromatic heterocycles. The van der Waals surface area contributed by atoms with Gasteiger partial charge in [-0.2, -0.15) is 0 Å². The number of carbonyl (C=O) groups is 4. The lowest BCUT2D eigenvalue weighted by atomic mass is 9.74. The molecule has 4 amide bonds. The minimum Gasteiger partial charge on any atom is -0.394 e. The zero-order valence-electron chi connectivity index (χ0n) is 32.7. The number of nitrogens with zero attached hydrogens (tertiary/aromatic N) is 2. The summed E-state index contributed by atoms with van der Waals surface area (Å²) in [5, 5.41) is 16.5. The van der Waals surface area contributed by atoms with Crippen molar-refractivity contribution in [1.82, 2.24) is 20.4 Å². The lowest BCUT2D eigenvalue weighted by Crippen LogP contribution is -2.61. The van der Waals surface area contributed by atoms with Crippen molar-refractivity contribution in [3.63, 3.8) is 0 Å². The molecular weight excluding hydrogens is 662 g/mol. The van der Waals surface area contributed by atoms with Crippen LogP contribution >= 0.6 is 0 Å². The molecule has 2 saturated heterocycles. The van der Waals surface area contributed by atoms with Gasteiger partial charge in [0.2, 0.25) is 23.6 Å². The maximum Gasteiger partial charge on any atom is 0.234 e. The number of likely N-dealkylation sites (N-methyl/N-ethyl adjacent to an activating group) is 1. The SMILES string of the molecule is CC[C@H](C)[C@@H]([C@@H](CC(=O)N1CCC[C@H]1[C@H](OC)[C@@H](C)C(=O)N[C@H](CO)Cc1ccccc1)OC)N(C)C(=O)[C@@H](C(C)C)C12CCC(C1)C(C(N)=O)N2. The zero-order valence-corrected chi connectivity index (χ0v) is 32.7. The second-order valence-electron chi connectivity index (χ2n) is 16.1. The second kappa shape index (κ2) is 18.3. The van der Waals surface area contributed by atoms with Crippen LogP contribution in [0.2, 0.25) is 0 Å². The number of aliphatic hydroxyl groups is 1. The fourth-order valence-corrected chi connectivity index (χ4v) is 9.71. The molecule has 1 saturated carbocycles. The third kappa shape index (κ3) is 9.00. The van der Waals surface area contributed by atoms with Crippen molar-refractivity contribution < 1.29 is 33.8 Å². The van der Waals surface area contributed by atoms with E-state index in [0.29, 0.717) is 19.4 Å². The third-order valence-electron chi connectivity index (χ3n) is 12.5. The molecule has 292 valence electrons. The van der Waals surface area contributed by atoms with E-state index in [9.17, 15) is 24.3 Å². The summed E-state index contributed by atoms with van der Waals surface area (Å²) < 4.78 is 12.0. The molecular formula is C40H65N5O7. The Kier molecular flexibility index (Phi) is 14.7. The molecule has 12 heteroatoms. The number of methoxy groups -OCH3 is 2. The van der Waals surface area contributed by atoms with E-state index < -0.39 is 35.7 Å². The molecule has 2 aliphatic heterocycles. The molecule has 52 heavy (non-hydrogen) atoms. The van der Waals surface area contributed by atoms with Gasteiger partial charge in [0.05, 0.1) is 61.2 Å². The third-order valence-corrected chi connectivity index (χ3v) is 12.5. The van der Waals surface area contributed by atoms with Gasteiger partial charge in [-0.15, -0.1) is 0 Å². The van der Waals surface area contributed by atoms with Gasteiger partial charge in [0.15, 0.2) is 0 Å². The van der Waals surface area contributed by atoms with Gasteiger partial charge in [0.25, 0.3) is 0 Å². The van der Waals surface area contributed by atoms with Crippen LogP contribution in [0.1, 0.15) is 85.1 Å². The fraction of sp³-hybridized carbons (Fsp3) is 0.750. The highest BCUT2D eigenvalue weighted by molar-refractivity contribution is 5.84. The first-order valence-electron chi connectivity index (χ1n) is 19.4. The van der Waals surface area contributed by atoms with E-state index in [-0.39, 0.29) is 72.4 Å². The van der Waals surface area contributed by atoms with Crippen molar-refractivity contribution in [3.05, 3.63) is 35.9 Å². The number of nitrogens with one attached hydrogen (secondary N) is 2. The van der Waals surface area contributed by atoms with E-state index in [1.807, 2.05) is 42.3 Å². The topological polar surface area (TPSA) is 164 Å². The van der Waals surface area contributed by atoms with Gasteiger partial charge in [0.1, 0.15) is 0 Å². The minimum absolute atomic E-state index is 0.00885. The molecule has 11 atom stereocenters. The average Bonchev–Trinajstić information content (AvgIpc) is 3.87. The predicted octanol–water partition coefficient (Wildman–Crippen LogP) is 2.89. The summed E-state index contributed by atoms with van der Waals surface area (Å²) in [6.45, 7) is 10.4. The lowest BCUT2D eigenvalue weighted by Gasteiger charge is -2.45. The van der Waals surface area contributed by atoms with Gasteiger partial charge in [-0.05, 0) is 61.8 Å². The highest BCUT2D eigenvalue weighted by Crippen LogP contribution is 2.50. The summed E-state index contributed by atoms with van der Waals surface area (Å²) in [6.07, 6.45) is 4.11. The van der Waals surface area contributed by atoms with E-state index >= 15 is 0 Å². The second-order valence-corrected chi connectivity index (χ2v) is 16.1.